The van der Waals surface area contributed by atoms with E-state index < -0.39 is 0 Å². The molecule has 0 atom stereocenters. The van der Waals surface area contributed by atoms with Gasteiger partial charge in [-0.2, -0.15) is 0 Å². The summed E-state index contributed by atoms with van der Waals surface area (Å²) in [6.45, 7) is 2.94. The molecule has 0 amide bonds. The van der Waals surface area contributed by atoms with Crippen LogP contribution in [0.5, 0.6) is 0 Å². The van der Waals surface area contributed by atoms with E-state index in [1.807, 2.05) is 4.90 Å². The number of ether oxygens (including phenoxy) is 2. The number of nitrogens with two attached hydrogens (primary N) is 1. The van der Waals surface area contributed by atoms with E-state index in [2.05, 4.69) is 0 Å². The first-order valence-corrected chi connectivity index (χ1v) is 4.65. The highest BCUT2D eigenvalue weighted by atomic mass is 32.1. The third-order valence-corrected chi connectivity index (χ3v) is 1.91. The summed E-state index contributed by atoms with van der Waals surface area (Å²) in [5.41, 5.74) is 5.52. The Morgan fingerprint density at radius 3 is 2.31 bits per heavy atom. The zero-order valence-electron chi connectivity index (χ0n) is 8.28. The third-order valence-electron chi connectivity index (χ3n) is 1.65. The first kappa shape index (κ1) is 12.6. The maximum Gasteiger partial charge on any atom is 0.166 e. The number of nitrogens with zero attached hydrogens (tertiary/aromatic N) is 1. The van der Waals surface area contributed by atoms with Gasteiger partial charge in [0.05, 0.1) is 6.61 Å². The Kier molecular flexibility index (Phi) is 7.97. The van der Waals surface area contributed by atoms with E-state index in [-0.39, 0.29) is 0 Å². The molecule has 0 fully saturated rings. The minimum Gasteiger partial charge on any atom is -0.385 e. The summed E-state index contributed by atoms with van der Waals surface area (Å²) in [5, 5.41) is 0.424. The second-order valence-corrected chi connectivity index (χ2v) is 3.08. The van der Waals surface area contributed by atoms with E-state index in [9.17, 15) is 0 Å². The second kappa shape index (κ2) is 8.22. The molecule has 0 aliphatic rings. The minimum atomic E-state index is 0.424. The Morgan fingerprint density at radius 1 is 1.23 bits per heavy atom. The zero-order chi connectivity index (χ0) is 10.1. The van der Waals surface area contributed by atoms with Crippen molar-refractivity contribution in [2.75, 3.05) is 40.5 Å². The van der Waals surface area contributed by atoms with Crippen LogP contribution in [-0.2, 0) is 9.47 Å². The molecule has 0 saturated carbocycles. The fraction of sp³-hybridized carbons (Fsp3) is 0.875. The van der Waals surface area contributed by atoms with E-state index in [1.54, 1.807) is 14.2 Å². The van der Waals surface area contributed by atoms with Crippen LogP contribution in [0.4, 0.5) is 0 Å². The Bertz CT molecular complexity index is 144. The van der Waals surface area contributed by atoms with Crippen LogP contribution in [-0.4, -0.2) is 50.5 Å². The highest BCUT2D eigenvalue weighted by molar-refractivity contribution is 7.80. The lowest BCUT2D eigenvalue weighted by Gasteiger charge is -2.21. The molecule has 2 N–H and O–H groups in total. The summed E-state index contributed by atoms with van der Waals surface area (Å²) >= 11 is 4.89. The maximum absolute atomic E-state index is 5.52. The monoisotopic (exact) mass is 206 g/mol. The lowest BCUT2D eigenvalue weighted by Crippen LogP contribution is -2.38. The Hall–Kier alpha value is -0.390. The molecule has 0 radical (unpaired) electrons. The summed E-state index contributed by atoms with van der Waals surface area (Å²) < 4.78 is 9.88. The molecule has 78 valence electrons. The molecule has 0 saturated heterocycles. The van der Waals surface area contributed by atoms with Crippen LogP contribution < -0.4 is 5.73 Å². The number of rotatable bonds is 7. The van der Waals surface area contributed by atoms with Crippen molar-refractivity contribution in [1.82, 2.24) is 4.90 Å². The van der Waals surface area contributed by atoms with Gasteiger partial charge in [0.15, 0.2) is 5.11 Å². The normalized spacial score (nSPS) is 10.0. The molecule has 4 nitrogen and oxygen atoms in total. The van der Waals surface area contributed by atoms with Crippen molar-refractivity contribution in [3.05, 3.63) is 0 Å². The molecule has 0 aliphatic carbocycles. The molecule has 0 spiro atoms. The van der Waals surface area contributed by atoms with Crippen LogP contribution in [0.25, 0.3) is 0 Å². The maximum atomic E-state index is 5.52. The lowest BCUT2D eigenvalue weighted by molar-refractivity contribution is 0.161. The fourth-order valence-corrected chi connectivity index (χ4v) is 1.12. The lowest BCUT2D eigenvalue weighted by atomic mass is 10.4. The van der Waals surface area contributed by atoms with Gasteiger partial charge in [0, 0.05) is 33.9 Å². The van der Waals surface area contributed by atoms with Gasteiger partial charge in [-0.3, -0.25) is 0 Å². The highest BCUT2D eigenvalue weighted by Crippen LogP contribution is 1.92. The van der Waals surface area contributed by atoms with Crippen molar-refractivity contribution in [1.29, 1.82) is 0 Å². The molecule has 0 aromatic heterocycles. The van der Waals surface area contributed by atoms with E-state index in [4.69, 9.17) is 27.4 Å². The molecule has 0 aliphatic heterocycles. The van der Waals surface area contributed by atoms with Crippen LogP contribution in [0.1, 0.15) is 6.42 Å². The van der Waals surface area contributed by atoms with Gasteiger partial charge in [-0.25, -0.2) is 0 Å². The minimum absolute atomic E-state index is 0.424. The first-order chi connectivity index (χ1) is 6.22. The molecular weight excluding hydrogens is 188 g/mol. The third kappa shape index (κ3) is 6.74. The van der Waals surface area contributed by atoms with Gasteiger partial charge in [-0.05, 0) is 18.6 Å². The fourth-order valence-electron chi connectivity index (χ4n) is 0.933. The molecule has 0 rings (SSSR count). The molecule has 0 unspecified atom stereocenters. The van der Waals surface area contributed by atoms with Gasteiger partial charge in [0.1, 0.15) is 0 Å². The van der Waals surface area contributed by atoms with E-state index in [1.165, 1.54) is 0 Å². The van der Waals surface area contributed by atoms with Gasteiger partial charge in [0.25, 0.3) is 0 Å². The molecule has 0 aromatic rings. The summed E-state index contributed by atoms with van der Waals surface area (Å²) in [5.74, 6) is 0. The van der Waals surface area contributed by atoms with Crippen molar-refractivity contribution in [2.24, 2.45) is 5.73 Å². The molecular formula is C8H18N2O2S. The topological polar surface area (TPSA) is 47.7 Å². The van der Waals surface area contributed by atoms with Crippen LogP contribution in [0.15, 0.2) is 0 Å². The summed E-state index contributed by atoms with van der Waals surface area (Å²) in [6, 6.07) is 0. The Morgan fingerprint density at radius 2 is 1.85 bits per heavy atom. The predicted molar refractivity (Wildman–Crippen MR) is 56.7 cm³/mol. The summed E-state index contributed by atoms with van der Waals surface area (Å²) in [4.78, 5) is 1.91. The van der Waals surface area contributed by atoms with Crippen LogP contribution in [0.3, 0.4) is 0 Å². The number of hydrogen-bond acceptors (Lipinski definition) is 3. The number of hydrogen-bond donors (Lipinski definition) is 1. The molecule has 0 bridgehead atoms. The Balaban J connectivity index is 3.61. The van der Waals surface area contributed by atoms with E-state index in [0.29, 0.717) is 11.7 Å². The van der Waals surface area contributed by atoms with Crippen molar-refractivity contribution < 1.29 is 9.47 Å². The van der Waals surface area contributed by atoms with Crippen molar-refractivity contribution in [3.8, 4) is 0 Å². The quantitative estimate of drug-likeness (QED) is 0.477. The zero-order valence-corrected chi connectivity index (χ0v) is 9.10. The highest BCUT2D eigenvalue weighted by Gasteiger charge is 2.04. The van der Waals surface area contributed by atoms with Crippen molar-refractivity contribution in [3.63, 3.8) is 0 Å². The van der Waals surface area contributed by atoms with Gasteiger partial charge >= 0.3 is 0 Å². The van der Waals surface area contributed by atoms with Crippen molar-refractivity contribution in [2.45, 2.75) is 6.42 Å². The average Bonchev–Trinajstić information content (AvgIpc) is 2.10. The van der Waals surface area contributed by atoms with Crippen LogP contribution >= 0.6 is 12.2 Å². The number of thiocarbonyl (C=S) groups is 1. The molecule has 13 heavy (non-hydrogen) atoms. The average molecular weight is 206 g/mol. The largest absolute Gasteiger partial charge is 0.385 e. The standard InChI is InChI=1S/C8H18N2O2S/c1-11-6-3-4-10(8(9)13)5-7-12-2/h3-7H2,1-2H3,(H2,9,13). The number of methoxy groups -OCH3 is 2. The van der Waals surface area contributed by atoms with Gasteiger partial charge in [-0.1, -0.05) is 0 Å². The summed E-state index contributed by atoms with van der Waals surface area (Å²) in [6.07, 6.45) is 0.928. The van der Waals surface area contributed by atoms with E-state index >= 15 is 0 Å². The molecule has 5 heteroatoms. The Labute approximate surface area is 85.0 Å². The smallest absolute Gasteiger partial charge is 0.166 e. The first-order valence-electron chi connectivity index (χ1n) is 4.24. The molecule has 0 heterocycles. The van der Waals surface area contributed by atoms with E-state index in [0.717, 1.165) is 26.1 Å². The van der Waals surface area contributed by atoms with Crippen molar-refractivity contribution >= 4 is 17.3 Å². The van der Waals surface area contributed by atoms with Crippen LogP contribution in [0, 0.1) is 0 Å². The van der Waals surface area contributed by atoms with Gasteiger partial charge in [0.2, 0.25) is 0 Å². The van der Waals surface area contributed by atoms with Gasteiger partial charge in [-0.15, -0.1) is 0 Å². The predicted octanol–water partition coefficient (Wildman–Crippen LogP) is 0.215. The summed E-state index contributed by atoms with van der Waals surface area (Å²) in [7, 11) is 3.34. The second-order valence-electron chi connectivity index (χ2n) is 2.66. The van der Waals surface area contributed by atoms with Gasteiger partial charge < -0.3 is 20.1 Å². The van der Waals surface area contributed by atoms with Crippen LogP contribution in [0.2, 0.25) is 0 Å². The molecule has 0 aromatic carbocycles. The SMILES string of the molecule is COCCCN(CCOC)C(N)=S.